The van der Waals surface area contributed by atoms with Crippen LogP contribution in [0.3, 0.4) is 0 Å². The summed E-state index contributed by atoms with van der Waals surface area (Å²) in [6.45, 7) is 7.90. The first-order valence-electron chi connectivity index (χ1n) is 8.79. The molecule has 4 rings (SSSR count). The highest BCUT2D eigenvalue weighted by Crippen LogP contribution is 2.25. The van der Waals surface area contributed by atoms with E-state index in [1.54, 1.807) is 0 Å². The monoisotopic (exact) mass is 327 g/mol. The van der Waals surface area contributed by atoms with Crippen molar-refractivity contribution in [3.63, 3.8) is 0 Å². The van der Waals surface area contributed by atoms with Gasteiger partial charge in [0.05, 0.1) is 24.9 Å². The Bertz CT molecular complexity index is 658. The molecular weight excluding hydrogens is 302 g/mol. The Morgan fingerprint density at radius 1 is 1.21 bits per heavy atom. The number of nitrogens with zero attached hydrogens (tertiary/aromatic N) is 3. The second-order valence-corrected chi connectivity index (χ2v) is 6.89. The van der Waals surface area contributed by atoms with Gasteiger partial charge in [-0.15, -0.1) is 0 Å². The fourth-order valence-corrected chi connectivity index (χ4v) is 3.80. The number of aryl methyl sites for hydroxylation is 1. The molecule has 2 atom stereocenters. The Hall–Kier alpha value is -1.69. The zero-order valence-corrected chi connectivity index (χ0v) is 14.2. The van der Waals surface area contributed by atoms with Crippen LogP contribution in [0.2, 0.25) is 0 Å². The average molecular weight is 327 g/mol. The maximum absolute atomic E-state index is 6.10. The van der Waals surface area contributed by atoms with Crippen molar-refractivity contribution in [1.82, 2.24) is 14.8 Å². The molecule has 2 aromatic heterocycles. The Kier molecular flexibility index (Phi) is 4.65. The number of furan rings is 1. The number of fused-ring (bicyclic) bond motifs is 1. The van der Waals surface area contributed by atoms with Gasteiger partial charge in [-0.05, 0) is 37.6 Å². The number of aromatic nitrogens is 1. The Morgan fingerprint density at radius 3 is 2.96 bits per heavy atom. The van der Waals surface area contributed by atoms with Crippen molar-refractivity contribution in [2.45, 2.75) is 38.6 Å². The highest BCUT2D eigenvalue weighted by molar-refractivity contribution is 5.06. The summed E-state index contributed by atoms with van der Waals surface area (Å²) in [6.07, 6.45) is 3.26. The molecule has 2 aliphatic heterocycles. The van der Waals surface area contributed by atoms with Crippen LogP contribution >= 0.6 is 0 Å². The minimum atomic E-state index is 0.322. The van der Waals surface area contributed by atoms with Gasteiger partial charge in [0, 0.05) is 38.4 Å². The van der Waals surface area contributed by atoms with Gasteiger partial charge >= 0.3 is 0 Å². The van der Waals surface area contributed by atoms with E-state index in [1.807, 2.05) is 37.4 Å². The Balaban J connectivity index is 1.27. The van der Waals surface area contributed by atoms with E-state index in [0.29, 0.717) is 18.8 Å². The third-order valence-corrected chi connectivity index (χ3v) is 5.03. The fraction of sp³-hybridized carbons (Fsp3) is 0.526. The van der Waals surface area contributed by atoms with Gasteiger partial charge in [0.2, 0.25) is 0 Å². The predicted octanol–water partition coefficient (Wildman–Crippen LogP) is 2.46. The molecule has 2 saturated heterocycles. The van der Waals surface area contributed by atoms with Crippen molar-refractivity contribution in [3.8, 4) is 0 Å². The standard InChI is InChI=1S/C19H25N3O2/c1-15-5-6-18(24-15)12-21-8-9-22-13-19(10-17(22)11-21)23-14-16-4-2-3-7-20-16/h2-7,17,19H,8-14H2,1H3. The van der Waals surface area contributed by atoms with E-state index < -0.39 is 0 Å². The summed E-state index contributed by atoms with van der Waals surface area (Å²) in [4.78, 5) is 9.41. The molecule has 0 N–H and O–H groups in total. The lowest BCUT2D eigenvalue weighted by molar-refractivity contribution is 0.0439. The molecule has 2 aromatic rings. The molecule has 0 saturated carbocycles. The fourth-order valence-electron chi connectivity index (χ4n) is 3.80. The van der Waals surface area contributed by atoms with Crippen LogP contribution in [0.25, 0.3) is 0 Å². The van der Waals surface area contributed by atoms with Crippen LogP contribution < -0.4 is 0 Å². The quantitative estimate of drug-likeness (QED) is 0.844. The van der Waals surface area contributed by atoms with E-state index in [-0.39, 0.29) is 0 Å². The molecule has 128 valence electrons. The summed E-state index contributed by atoms with van der Waals surface area (Å²) in [6, 6.07) is 10.7. The van der Waals surface area contributed by atoms with Gasteiger partial charge in [-0.2, -0.15) is 0 Å². The van der Waals surface area contributed by atoms with Crippen LogP contribution in [0.1, 0.15) is 23.6 Å². The summed E-state index contributed by atoms with van der Waals surface area (Å²) >= 11 is 0. The molecule has 2 fully saturated rings. The summed E-state index contributed by atoms with van der Waals surface area (Å²) in [5.74, 6) is 2.06. The molecule has 24 heavy (non-hydrogen) atoms. The van der Waals surface area contributed by atoms with E-state index >= 15 is 0 Å². The number of ether oxygens (including phenoxy) is 1. The molecule has 0 spiro atoms. The molecule has 5 nitrogen and oxygen atoms in total. The molecule has 5 heteroatoms. The largest absolute Gasteiger partial charge is 0.465 e. The van der Waals surface area contributed by atoms with Gasteiger partial charge in [-0.3, -0.25) is 14.8 Å². The van der Waals surface area contributed by atoms with E-state index in [0.717, 1.165) is 56.4 Å². The van der Waals surface area contributed by atoms with Crippen molar-refractivity contribution in [2.75, 3.05) is 26.2 Å². The van der Waals surface area contributed by atoms with E-state index in [9.17, 15) is 0 Å². The lowest BCUT2D eigenvalue weighted by Crippen LogP contribution is -2.49. The Labute approximate surface area is 143 Å². The van der Waals surface area contributed by atoms with Gasteiger partial charge in [-0.25, -0.2) is 0 Å². The molecule has 4 heterocycles. The van der Waals surface area contributed by atoms with E-state index in [2.05, 4.69) is 20.9 Å². The van der Waals surface area contributed by atoms with E-state index in [1.165, 1.54) is 0 Å². The molecule has 0 bridgehead atoms. The maximum atomic E-state index is 6.10. The number of hydrogen-bond donors (Lipinski definition) is 0. The molecule has 0 aromatic carbocycles. The predicted molar refractivity (Wildman–Crippen MR) is 91.5 cm³/mol. The normalized spacial score (nSPS) is 25.0. The first-order chi connectivity index (χ1) is 11.8. The van der Waals surface area contributed by atoms with Gasteiger partial charge in [0.25, 0.3) is 0 Å². The molecule has 2 aliphatic rings. The zero-order valence-electron chi connectivity index (χ0n) is 14.2. The topological polar surface area (TPSA) is 41.7 Å². The van der Waals surface area contributed by atoms with E-state index in [4.69, 9.17) is 9.15 Å². The Morgan fingerprint density at radius 2 is 2.17 bits per heavy atom. The van der Waals surface area contributed by atoms with Crippen LogP contribution in [0.4, 0.5) is 0 Å². The number of piperazine rings is 1. The van der Waals surface area contributed by atoms with Crippen molar-refractivity contribution in [1.29, 1.82) is 0 Å². The third kappa shape index (κ3) is 3.69. The van der Waals surface area contributed by atoms with Gasteiger partial charge < -0.3 is 9.15 Å². The summed E-state index contributed by atoms with van der Waals surface area (Å²) in [5.41, 5.74) is 1.01. The van der Waals surface area contributed by atoms with Crippen LogP contribution in [-0.2, 0) is 17.9 Å². The zero-order chi connectivity index (χ0) is 16.4. The van der Waals surface area contributed by atoms with Gasteiger partial charge in [0.15, 0.2) is 0 Å². The minimum absolute atomic E-state index is 0.322. The minimum Gasteiger partial charge on any atom is -0.465 e. The smallest absolute Gasteiger partial charge is 0.118 e. The lowest BCUT2D eigenvalue weighted by Gasteiger charge is -2.36. The van der Waals surface area contributed by atoms with Gasteiger partial charge in [0.1, 0.15) is 11.5 Å². The summed E-state index contributed by atoms with van der Waals surface area (Å²) < 4.78 is 11.8. The maximum Gasteiger partial charge on any atom is 0.118 e. The van der Waals surface area contributed by atoms with Crippen molar-refractivity contribution in [3.05, 3.63) is 53.7 Å². The van der Waals surface area contributed by atoms with Crippen molar-refractivity contribution < 1.29 is 9.15 Å². The van der Waals surface area contributed by atoms with Crippen LogP contribution in [-0.4, -0.2) is 53.1 Å². The summed E-state index contributed by atoms with van der Waals surface area (Å²) in [7, 11) is 0. The summed E-state index contributed by atoms with van der Waals surface area (Å²) in [5, 5.41) is 0. The van der Waals surface area contributed by atoms with Crippen LogP contribution in [0.15, 0.2) is 40.9 Å². The number of hydrogen-bond acceptors (Lipinski definition) is 5. The highest BCUT2D eigenvalue weighted by Gasteiger charge is 2.36. The second kappa shape index (κ2) is 7.05. The first kappa shape index (κ1) is 15.8. The van der Waals surface area contributed by atoms with Crippen LogP contribution in [0.5, 0.6) is 0 Å². The molecule has 0 amide bonds. The van der Waals surface area contributed by atoms with Crippen molar-refractivity contribution in [2.24, 2.45) is 0 Å². The number of rotatable bonds is 5. The lowest BCUT2D eigenvalue weighted by atomic mass is 10.1. The highest BCUT2D eigenvalue weighted by atomic mass is 16.5. The average Bonchev–Trinajstić information content (AvgIpc) is 3.19. The second-order valence-electron chi connectivity index (χ2n) is 6.89. The number of pyridine rings is 1. The first-order valence-corrected chi connectivity index (χ1v) is 8.79. The molecule has 0 aliphatic carbocycles. The molecule has 0 radical (unpaired) electrons. The van der Waals surface area contributed by atoms with Crippen molar-refractivity contribution >= 4 is 0 Å². The SMILES string of the molecule is Cc1ccc(CN2CCN3CC(OCc4ccccn4)CC3C2)o1. The van der Waals surface area contributed by atoms with Crippen LogP contribution in [0, 0.1) is 6.92 Å². The molecule has 2 unspecified atom stereocenters. The third-order valence-electron chi connectivity index (χ3n) is 5.03. The molecular formula is C19H25N3O2. The van der Waals surface area contributed by atoms with Gasteiger partial charge in [-0.1, -0.05) is 6.07 Å².